The smallest absolute Gasteiger partial charge is 0.141 e. The summed E-state index contributed by atoms with van der Waals surface area (Å²) in [5.41, 5.74) is 2.38. The molecule has 0 bridgehead atoms. The van der Waals surface area contributed by atoms with Gasteiger partial charge >= 0.3 is 0 Å². The lowest BCUT2D eigenvalue weighted by atomic mass is 10.1. The van der Waals surface area contributed by atoms with Crippen LogP contribution in [0.2, 0.25) is 0 Å². The van der Waals surface area contributed by atoms with Gasteiger partial charge in [0, 0.05) is 25.8 Å². The lowest BCUT2D eigenvalue weighted by Gasteiger charge is -2.25. The molecule has 0 unspecified atom stereocenters. The lowest BCUT2D eigenvalue weighted by Crippen LogP contribution is -2.28. The predicted molar refractivity (Wildman–Crippen MR) is 77.8 cm³/mol. The van der Waals surface area contributed by atoms with Gasteiger partial charge in [0.15, 0.2) is 0 Å². The predicted octanol–water partition coefficient (Wildman–Crippen LogP) is 2.35. The second-order valence-corrected chi connectivity index (χ2v) is 5.30. The summed E-state index contributed by atoms with van der Waals surface area (Å²) in [6.45, 7) is 2.63. The standard InChI is InChI=1S/C15H24N2O2/c1-17(2)11-12-4-5-15(18-3)14(10-12)16-13-6-8-19-9-7-13/h4-5,10,13,16H,6-9,11H2,1-3H3. The van der Waals surface area contributed by atoms with Crippen molar-refractivity contribution < 1.29 is 9.47 Å². The minimum atomic E-state index is 0.484. The molecule has 1 aromatic rings. The van der Waals surface area contributed by atoms with Crippen LogP contribution in [-0.4, -0.2) is 45.4 Å². The Balaban J connectivity index is 2.10. The van der Waals surface area contributed by atoms with E-state index in [1.165, 1.54) is 5.56 Å². The molecule has 0 radical (unpaired) electrons. The lowest BCUT2D eigenvalue weighted by molar-refractivity contribution is 0.0904. The highest BCUT2D eigenvalue weighted by atomic mass is 16.5. The number of nitrogens with zero attached hydrogens (tertiary/aromatic N) is 1. The molecular formula is C15H24N2O2. The normalized spacial score (nSPS) is 16.6. The molecule has 1 heterocycles. The van der Waals surface area contributed by atoms with E-state index < -0.39 is 0 Å². The summed E-state index contributed by atoms with van der Waals surface area (Å²) < 4.78 is 10.8. The van der Waals surface area contributed by atoms with Crippen LogP contribution in [0.1, 0.15) is 18.4 Å². The molecule has 1 aliphatic heterocycles. The minimum Gasteiger partial charge on any atom is -0.495 e. The summed E-state index contributed by atoms with van der Waals surface area (Å²) in [6.07, 6.45) is 2.11. The molecule has 0 aromatic heterocycles. The van der Waals surface area contributed by atoms with E-state index in [4.69, 9.17) is 9.47 Å². The second kappa shape index (κ2) is 6.78. The van der Waals surface area contributed by atoms with E-state index in [0.717, 1.165) is 44.0 Å². The van der Waals surface area contributed by atoms with E-state index in [0.29, 0.717) is 6.04 Å². The van der Waals surface area contributed by atoms with E-state index in [2.05, 4.69) is 36.4 Å². The molecule has 1 aromatic carbocycles. The first kappa shape index (κ1) is 14.2. The first-order valence-electron chi connectivity index (χ1n) is 6.85. The van der Waals surface area contributed by atoms with Crippen molar-refractivity contribution in [3.8, 4) is 5.75 Å². The molecular weight excluding hydrogens is 240 g/mol. The summed E-state index contributed by atoms with van der Waals surface area (Å²) in [4.78, 5) is 2.17. The largest absolute Gasteiger partial charge is 0.495 e. The molecule has 1 saturated heterocycles. The molecule has 0 aliphatic carbocycles. The van der Waals surface area contributed by atoms with Gasteiger partial charge in [0.2, 0.25) is 0 Å². The third-order valence-electron chi connectivity index (χ3n) is 3.34. The summed E-state index contributed by atoms with van der Waals surface area (Å²) in [5, 5.41) is 3.59. The first-order chi connectivity index (χ1) is 9.19. The summed E-state index contributed by atoms with van der Waals surface area (Å²) in [7, 11) is 5.88. The molecule has 0 saturated carbocycles. The first-order valence-corrected chi connectivity index (χ1v) is 6.85. The summed E-state index contributed by atoms with van der Waals surface area (Å²) in [5.74, 6) is 0.911. The highest BCUT2D eigenvalue weighted by Crippen LogP contribution is 2.28. The van der Waals surface area contributed by atoms with Gasteiger partial charge in [-0.05, 0) is 44.6 Å². The quantitative estimate of drug-likeness (QED) is 0.885. The van der Waals surface area contributed by atoms with Crippen LogP contribution in [0.3, 0.4) is 0 Å². The number of methoxy groups -OCH3 is 1. The molecule has 1 aliphatic rings. The fourth-order valence-electron chi connectivity index (χ4n) is 2.39. The van der Waals surface area contributed by atoms with Crippen molar-refractivity contribution in [1.29, 1.82) is 0 Å². The highest BCUT2D eigenvalue weighted by Gasteiger charge is 2.15. The van der Waals surface area contributed by atoms with Gasteiger partial charge in [-0.25, -0.2) is 0 Å². The van der Waals surface area contributed by atoms with Gasteiger partial charge in [-0.15, -0.1) is 0 Å². The maximum atomic E-state index is 5.44. The Kier molecular flexibility index (Phi) is 5.05. The zero-order valence-corrected chi connectivity index (χ0v) is 12.1. The van der Waals surface area contributed by atoms with Crippen LogP contribution >= 0.6 is 0 Å². The molecule has 2 rings (SSSR count). The Hall–Kier alpha value is -1.26. The molecule has 0 amide bonds. The highest BCUT2D eigenvalue weighted by molar-refractivity contribution is 5.58. The van der Waals surface area contributed by atoms with E-state index in [9.17, 15) is 0 Å². The Morgan fingerprint density at radius 3 is 2.68 bits per heavy atom. The topological polar surface area (TPSA) is 33.7 Å². The van der Waals surface area contributed by atoms with Crippen LogP contribution in [0.5, 0.6) is 5.75 Å². The monoisotopic (exact) mass is 264 g/mol. The zero-order chi connectivity index (χ0) is 13.7. The van der Waals surface area contributed by atoms with Crippen molar-refractivity contribution in [2.75, 3.05) is 39.7 Å². The van der Waals surface area contributed by atoms with Crippen LogP contribution in [-0.2, 0) is 11.3 Å². The van der Waals surface area contributed by atoms with Crippen molar-refractivity contribution in [2.24, 2.45) is 0 Å². The molecule has 106 valence electrons. The van der Waals surface area contributed by atoms with Gasteiger partial charge in [0.25, 0.3) is 0 Å². The number of ether oxygens (including phenoxy) is 2. The van der Waals surface area contributed by atoms with Gasteiger partial charge in [0.1, 0.15) is 5.75 Å². The van der Waals surface area contributed by atoms with Crippen LogP contribution in [0, 0.1) is 0 Å². The van der Waals surface area contributed by atoms with E-state index in [1.54, 1.807) is 7.11 Å². The summed E-state index contributed by atoms with van der Waals surface area (Å²) in [6, 6.07) is 6.83. The molecule has 0 atom stereocenters. The van der Waals surface area contributed by atoms with Gasteiger partial charge in [-0.3, -0.25) is 0 Å². The number of hydrogen-bond acceptors (Lipinski definition) is 4. The fourth-order valence-corrected chi connectivity index (χ4v) is 2.39. The number of hydrogen-bond donors (Lipinski definition) is 1. The van der Waals surface area contributed by atoms with Gasteiger partial charge in [-0.1, -0.05) is 6.07 Å². The maximum absolute atomic E-state index is 5.44. The van der Waals surface area contributed by atoms with Crippen molar-refractivity contribution in [1.82, 2.24) is 4.90 Å². The molecule has 1 N–H and O–H groups in total. The van der Waals surface area contributed by atoms with Gasteiger partial charge in [-0.2, -0.15) is 0 Å². The fraction of sp³-hybridized carbons (Fsp3) is 0.600. The van der Waals surface area contributed by atoms with E-state index >= 15 is 0 Å². The second-order valence-electron chi connectivity index (χ2n) is 5.30. The zero-order valence-electron chi connectivity index (χ0n) is 12.1. The average Bonchev–Trinajstić information content (AvgIpc) is 2.39. The van der Waals surface area contributed by atoms with Crippen LogP contribution in [0.4, 0.5) is 5.69 Å². The maximum Gasteiger partial charge on any atom is 0.141 e. The van der Waals surface area contributed by atoms with Crippen molar-refractivity contribution in [3.63, 3.8) is 0 Å². The molecule has 1 fully saturated rings. The molecule has 4 nitrogen and oxygen atoms in total. The van der Waals surface area contributed by atoms with Crippen LogP contribution in [0.15, 0.2) is 18.2 Å². The Labute approximate surface area is 115 Å². The third-order valence-corrected chi connectivity index (χ3v) is 3.34. The summed E-state index contributed by atoms with van der Waals surface area (Å²) >= 11 is 0. The number of benzene rings is 1. The number of anilines is 1. The Morgan fingerprint density at radius 1 is 1.32 bits per heavy atom. The average molecular weight is 264 g/mol. The van der Waals surface area contributed by atoms with Crippen LogP contribution in [0.25, 0.3) is 0 Å². The Bertz CT molecular complexity index is 401. The minimum absolute atomic E-state index is 0.484. The van der Waals surface area contributed by atoms with Crippen molar-refractivity contribution in [2.45, 2.75) is 25.4 Å². The van der Waals surface area contributed by atoms with E-state index in [1.807, 2.05) is 6.07 Å². The Morgan fingerprint density at radius 2 is 2.05 bits per heavy atom. The van der Waals surface area contributed by atoms with Gasteiger partial charge < -0.3 is 19.7 Å². The molecule has 19 heavy (non-hydrogen) atoms. The van der Waals surface area contributed by atoms with Crippen LogP contribution < -0.4 is 10.1 Å². The molecule has 4 heteroatoms. The SMILES string of the molecule is COc1ccc(CN(C)C)cc1NC1CCOCC1. The molecule has 0 spiro atoms. The van der Waals surface area contributed by atoms with Gasteiger partial charge in [0.05, 0.1) is 12.8 Å². The third kappa shape index (κ3) is 4.11. The number of nitrogens with one attached hydrogen (secondary N) is 1. The van der Waals surface area contributed by atoms with E-state index in [-0.39, 0.29) is 0 Å². The van der Waals surface area contributed by atoms with Crippen molar-refractivity contribution >= 4 is 5.69 Å². The van der Waals surface area contributed by atoms with Crippen molar-refractivity contribution in [3.05, 3.63) is 23.8 Å². The number of rotatable bonds is 5.